The van der Waals surface area contributed by atoms with Crippen LogP contribution in [0.25, 0.3) is 0 Å². The van der Waals surface area contributed by atoms with Crippen molar-refractivity contribution in [2.45, 2.75) is 59.8 Å². The second-order valence-corrected chi connectivity index (χ2v) is 6.46. The maximum atomic E-state index is 4.76. The molecule has 0 aliphatic heterocycles. The van der Waals surface area contributed by atoms with Crippen LogP contribution in [0, 0.1) is 9.49 Å². The lowest BCUT2D eigenvalue weighted by atomic mass is 10.1. The van der Waals surface area contributed by atoms with E-state index in [4.69, 9.17) is 4.98 Å². The zero-order valence-electron chi connectivity index (χ0n) is 12.6. The Morgan fingerprint density at radius 2 is 1.89 bits per heavy atom. The summed E-state index contributed by atoms with van der Waals surface area (Å²) in [7, 11) is 0. The van der Waals surface area contributed by atoms with E-state index in [1.165, 1.54) is 15.7 Å². The minimum Gasteiger partial charge on any atom is -0.369 e. The molecular formula is C15H26IN3. The molecule has 1 rings (SSSR count). The van der Waals surface area contributed by atoms with Crippen molar-refractivity contribution in [1.29, 1.82) is 0 Å². The molecule has 0 saturated heterocycles. The second-order valence-electron chi connectivity index (χ2n) is 5.38. The van der Waals surface area contributed by atoms with Crippen LogP contribution in [0.5, 0.6) is 0 Å². The molecule has 0 saturated carbocycles. The summed E-state index contributed by atoms with van der Waals surface area (Å²) in [5, 5.41) is 3.43. The van der Waals surface area contributed by atoms with Gasteiger partial charge in [0.2, 0.25) is 0 Å². The molecular weight excluding hydrogens is 349 g/mol. The zero-order valence-corrected chi connectivity index (χ0v) is 14.7. The summed E-state index contributed by atoms with van der Waals surface area (Å²) in [4.78, 5) is 9.45. The highest BCUT2D eigenvalue weighted by molar-refractivity contribution is 14.1. The van der Waals surface area contributed by atoms with Gasteiger partial charge in [0.25, 0.3) is 0 Å². The third-order valence-corrected chi connectivity index (χ3v) is 4.00. The van der Waals surface area contributed by atoms with Crippen molar-refractivity contribution in [1.82, 2.24) is 9.97 Å². The van der Waals surface area contributed by atoms with E-state index in [0.717, 1.165) is 43.9 Å². The fourth-order valence-corrected chi connectivity index (χ4v) is 2.53. The van der Waals surface area contributed by atoms with Crippen LogP contribution >= 0.6 is 22.6 Å². The first-order valence-electron chi connectivity index (χ1n) is 7.37. The van der Waals surface area contributed by atoms with E-state index in [1.54, 1.807) is 0 Å². The van der Waals surface area contributed by atoms with Crippen molar-refractivity contribution in [3.63, 3.8) is 0 Å². The molecule has 0 radical (unpaired) electrons. The predicted molar refractivity (Wildman–Crippen MR) is 90.7 cm³/mol. The Balaban J connectivity index is 2.99. The van der Waals surface area contributed by atoms with Crippen LogP contribution in [0.4, 0.5) is 5.82 Å². The maximum Gasteiger partial charge on any atom is 0.143 e. The molecule has 1 heterocycles. The summed E-state index contributed by atoms with van der Waals surface area (Å²) in [6, 6.07) is 0. The molecule has 19 heavy (non-hydrogen) atoms. The van der Waals surface area contributed by atoms with Gasteiger partial charge in [0.05, 0.1) is 9.26 Å². The SMILES string of the molecule is CCCCc1nc(CC(C)C)c(I)c(NCCC)n1. The molecule has 0 atom stereocenters. The lowest BCUT2D eigenvalue weighted by Gasteiger charge is -2.14. The molecule has 0 bridgehead atoms. The van der Waals surface area contributed by atoms with Gasteiger partial charge in [-0.25, -0.2) is 9.97 Å². The summed E-state index contributed by atoms with van der Waals surface area (Å²) in [6.07, 6.45) is 5.48. The molecule has 0 aliphatic rings. The van der Waals surface area contributed by atoms with Gasteiger partial charge in [0.15, 0.2) is 0 Å². The highest BCUT2D eigenvalue weighted by Crippen LogP contribution is 2.22. The molecule has 108 valence electrons. The highest BCUT2D eigenvalue weighted by atomic mass is 127. The molecule has 1 aromatic heterocycles. The number of aryl methyl sites for hydroxylation is 1. The first kappa shape index (κ1) is 16.7. The molecule has 0 aliphatic carbocycles. The normalized spacial score (nSPS) is 11.1. The van der Waals surface area contributed by atoms with Gasteiger partial charge in [-0.05, 0) is 47.8 Å². The summed E-state index contributed by atoms with van der Waals surface area (Å²) >= 11 is 2.38. The van der Waals surface area contributed by atoms with Crippen molar-refractivity contribution in [3.05, 3.63) is 15.1 Å². The minimum absolute atomic E-state index is 0.626. The Hall–Kier alpha value is -0.390. The third-order valence-electron chi connectivity index (χ3n) is 2.86. The van der Waals surface area contributed by atoms with Crippen molar-refractivity contribution in [3.8, 4) is 0 Å². The molecule has 1 aromatic rings. The molecule has 4 heteroatoms. The number of anilines is 1. The average Bonchev–Trinajstić information content (AvgIpc) is 2.37. The quantitative estimate of drug-likeness (QED) is 0.683. The molecule has 0 spiro atoms. The van der Waals surface area contributed by atoms with Crippen LogP contribution in [0.15, 0.2) is 0 Å². The smallest absolute Gasteiger partial charge is 0.143 e. The van der Waals surface area contributed by atoms with Gasteiger partial charge >= 0.3 is 0 Å². The number of hydrogen-bond acceptors (Lipinski definition) is 3. The summed E-state index contributed by atoms with van der Waals surface area (Å²) in [5.74, 6) is 2.65. The minimum atomic E-state index is 0.626. The number of aromatic nitrogens is 2. The van der Waals surface area contributed by atoms with Gasteiger partial charge in [0, 0.05) is 13.0 Å². The van der Waals surface area contributed by atoms with E-state index in [-0.39, 0.29) is 0 Å². The van der Waals surface area contributed by atoms with Crippen LogP contribution in [-0.2, 0) is 12.8 Å². The van der Waals surface area contributed by atoms with Gasteiger partial charge in [-0.2, -0.15) is 0 Å². The molecule has 0 aromatic carbocycles. The number of nitrogens with zero attached hydrogens (tertiary/aromatic N) is 2. The number of hydrogen-bond donors (Lipinski definition) is 1. The topological polar surface area (TPSA) is 37.8 Å². The first-order valence-corrected chi connectivity index (χ1v) is 8.45. The van der Waals surface area contributed by atoms with Gasteiger partial charge in [-0.15, -0.1) is 0 Å². The van der Waals surface area contributed by atoms with E-state index in [1.807, 2.05) is 0 Å². The third kappa shape index (κ3) is 5.63. The van der Waals surface area contributed by atoms with E-state index in [9.17, 15) is 0 Å². The van der Waals surface area contributed by atoms with Crippen LogP contribution < -0.4 is 5.32 Å². The molecule has 0 amide bonds. The monoisotopic (exact) mass is 375 g/mol. The first-order chi connectivity index (χ1) is 9.08. The molecule has 3 nitrogen and oxygen atoms in total. The van der Waals surface area contributed by atoms with Crippen LogP contribution in [-0.4, -0.2) is 16.5 Å². The standard InChI is InChI=1S/C15H26IN3/c1-5-7-8-13-18-12(10-11(3)4)14(16)15(19-13)17-9-6-2/h11H,5-10H2,1-4H3,(H,17,18,19). The van der Waals surface area contributed by atoms with Crippen molar-refractivity contribution in [2.24, 2.45) is 5.92 Å². The number of nitrogens with one attached hydrogen (secondary N) is 1. The predicted octanol–water partition coefficient (Wildman–Crippen LogP) is 4.44. The van der Waals surface area contributed by atoms with E-state index < -0.39 is 0 Å². The average molecular weight is 375 g/mol. The fourth-order valence-electron chi connectivity index (χ4n) is 1.87. The summed E-state index contributed by atoms with van der Waals surface area (Å²) < 4.78 is 1.19. The number of unbranched alkanes of at least 4 members (excludes halogenated alkanes) is 1. The fraction of sp³-hybridized carbons (Fsp3) is 0.733. The molecule has 0 fully saturated rings. The van der Waals surface area contributed by atoms with E-state index in [2.05, 4.69) is 60.6 Å². The van der Waals surface area contributed by atoms with Gasteiger partial charge in [-0.3, -0.25) is 0 Å². The Morgan fingerprint density at radius 3 is 2.47 bits per heavy atom. The molecule has 0 unspecified atom stereocenters. The largest absolute Gasteiger partial charge is 0.369 e. The summed E-state index contributed by atoms with van der Waals surface area (Å²) in [6.45, 7) is 9.83. The summed E-state index contributed by atoms with van der Waals surface area (Å²) in [5.41, 5.74) is 1.20. The van der Waals surface area contributed by atoms with Gasteiger partial charge < -0.3 is 5.32 Å². The second kappa shape index (κ2) is 8.72. The van der Waals surface area contributed by atoms with Crippen LogP contribution in [0.3, 0.4) is 0 Å². The Bertz CT molecular complexity index is 391. The Kier molecular flexibility index (Phi) is 7.64. The van der Waals surface area contributed by atoms with Gasteiger partial charge in [-0.1, -0.05) is 34.1 Å². The number of halogens is 1. The lowest BCUT2D eigenvalue weighted by molar-refractivity contribution is 0.625. The maximum absolute atomic E-state index is 4.76. The van der Waals surface area contributed by atoms with E-state index in [0.29, 0.717) is 5.92 Å². The lowest BCUT2D eigenvalue weighted by Crippen LogP contribution is -2.12. The zero-order chi connectivity index (χ0) is 14.3. The van der Waals surface area contributed by atoms with Crippen LogP contribution in [0.2, 0.25) is 0 Å². The van der Waals surface area contributed by atoms with E-state index >= 15 is 0 Å². The Labute approximate surface area is 131 Å². The highest BCUT2D eigenvalue weighted by Gasteiger charge is 2.13. The molecule has 1 N–H and O–H groups in total. The van der Waals surface area contributed by atoms with Crippen molar-refractivity contribution in [2.75, 3.05) is 11.9 Å². The number of rotatable bonds is 8. The van der Waals surface area contributed by atoms with Crippen LogP contribution in [0.1, 0.15) is 58.5 Å². The van der Waals surface area contributed by atoms with Gasteiger partial charge in [0.1, 0.15) is 11.6 Å². The van der Waals surface area contributed by atoms with Crippen molar-refractivity contribution < 1.29 is 0 Å². The Morgan fingerprint density at radius 1 is 1.16 bits per heavy atom. The van der Waals surface area contributed by atoms with Crippen molar-refractivity contribution >= 4 is 28.4 Å².